The van der Waals surface area contributed by atoms with Crippen molar-refractivity contribution in [1.82, 2.24) is 15.2 Å². The van der Waals surface area contributed by atoms with Crippen LogP contribution in [0.1, 0.15) is 43.4 Å². The van der Waals surface area contributed by atoms with E-state index in [0.717, 1.165) is 5.69 Å². The third-order valence-electron chi connectivity index (χ3n) is 5.89. The Labute approximate surface area is 182 Å². The van der Waals surface area contributed by atoms with E-state index in [1.807, 2.05) is 18.7 Å². The maximum Gasteiger partial charge on any atom is 0.285 e. The molecule has 2 aromatic rings. The van der Waals surface area contributed by atoms with Gasteiger partial charge in [-0.15, -0.1) is 0 Å². The standard InChI is InChI=1S/C19H26N6O4S2/c1-11-8-14(23-22-11)16-17-18(31(27,28)24-16)13(19(3,4)30(5,20)26)9-15(21-17)25-6-7-29-10-12(25)2/h8-9,12,20H,6-7,10H2,1-5H3,(H,22,23)/t12-,30?/m1/s1. The highest BCUT2D eigenvalue weighted by molar-refractivity contribution is 7.93. The number of morpholine rings is 1. The van der Waals surface area contributed by atoms with Gasteiger partial charge in [-0.3, -0.25) is 9.88 Å². The molecular weight excluding hydrogens is 440 g/mol. The number of pyridine rings is 1. The van der Waals surface area contributed by atoms with E-state index >= 15 is 0 Å². The molecule has 2 aromatic heterocycles. The fourth-order valence-corrected chi connectivity index (χ4v) is 5.87. The molecule has 168 valence electrons. The fourth-order valence-electron chi connectivity index (χ4n) is 3.73. The second-order valence-corrected chi connectivity index (χ2v) is 12.8. The number of H-pyrrole nitrogens is 1. The molecule has 4 rings (SSSR count). The quantitative estimate of drug-likeness (QED) is 0.699. The lowest BCUT2D eigenvalue weighted by Gasteiger charge is -2.36. The molecule has 0 aliphatic carbocycles. The van der Waals surface area contributed by atoms with Crippen LogP contribution in [0, 0.1) is 11.7 Å². The number of rotatable bonds is 4. The molecule has 0 bridgehead atoms. The maximum atomic E-state index is 13.1. The third-order valence-corrected chi connectivity index (χ3v) is 9.41. The van der Waals surface area contributed by atoms with E-state index in [0.29, 0.717) is 31.3 Å². The van der Waals surface area contributed by atoms with Crippen molar-refractivity contribution in [3.63, 3.8) is 0 Å². The van der Waals surface area contributed by atoms with Crippen LogP contribution in [0.5, 0.6) is 0 Å². The van der Waals surface area contributed by atoms with Crippen molar-refractivity contribution in [2.75, 3.05) is 30.9 Å². The number of anilines is 1. The summed E-state index contributed by atoms with van der Waals surface area (Å²) in [7, 11) is -7.28. The number of sulfonamides is 1. The van der Waals surface area contributed by atoms with E-state index < -0.39 is 24.5 Å². The van der Waals surface area contributed by atoms with Gasteiger partial charge in [-0.1, -0.05) is 0 Å². The average Bonchev–Trinajstić information content (AvgIpc) is 3.21. The van der Waals surface area contributed by atoms with Gasteiger partial charge in [0.2, 0.25) is 0 Å². The molecule has 0 radical (unpaired) electrons. The number of fused-ring (bicyclic) bond motifs is 1. The first-order valence-corrected chi connectivity index (χ1v) is 13.2. The highest BCUT2D eigenvalue weighted by Gasteiger charge is 2.43. The van der Waals surface area contributed by atoms with Crippen LogP contribution in [0.15, 0.2) is 21.4 Å². The molecule has 12 heteroatoms. The molecule has 4 heterocycles. The van der Waals surface area contributed by atoms with Crippen LogP contribution in [-0.2, 0) is 29.2 Å². The minimum absolute atomic E-state index is 0.0169. The summed E-state index contributed by atoms with van der Waals surface area (Å²) >= 11 is 0. The van der Waals surface area contributed by atoms with Crippen LogP contribution in [0.3, 0.4) is 0 Å². The number of ether oxygens (including phenoxy) is 1. The van der Waals surface area contributed by atoms with Crippen molar-refractivity contribution in [2.24, 2.45) is 4.40 Å². The lowest BCUT2D eigenvalue weighted by Crippen LogP contribution is -2.44. The smallest absolute Gasteiger partial charge is 0.285 e. The molecule has 0 aromatic carbocycles. The van der Waals surface area contributed by atoms with Gasteiger partial charge < -0.3 is 9.64 Å². The molecule has 1 saturated heterocycles. The molecule has 1 unspecified atom stereocenters. The molecular formula is C19H26N6O4S2. The van der Waals surface area contributed by atoms with E-state index in [1.165, 1.54) is 6.26 Å². The van der Waals surface area contributed by atoms with Crippen molar-refractivity contribution in [3.05, 3.63) is 34.8 Å². The normalized spacial score (nSPS) is 22.7. The zero-order valence-electron chi connectivity index (χ0n) is 18.1. The minimum Gasteiger partial charge on any atom is -0.377 e. The summed E-state index contributed by atoms with van der Waals surface area (Å²) in [5.74, 6) is 0.540. The summed E-state index contributed by atoms with van der Waals surface area (Å²) in [6, 6.07) is 3.36. The number of hydrogen-bond acceptors (Lipinski definition) is 8. The molecule has 2 atom stereocenters. The summed E-state index contributed by atoms with van der Waals surface area (Å²) in [5, 5.41) is 6.97. The Balaban J connectivity index is 2.03. The Morgan fingerprint density at radius 3 is 2.65 bits per heavy atom. The predicted octanol–water partition coefficient (Wildman–Crippen LogP) is 1.79. The van der Waals surface area contributed by atoms with Crippen molar-refractivity contribution in [3.8, 4) is 0 Å². The Kier molecular flexibility index (Phi) is 5.02. The first kappa shape index (κ1) is 21.9. The number of nitrogens with zero attached hydrogens (tertiary/aromatic N) is 4. The van der Waals surface area contributed by atoms with Gasteiger partial charge in [-0.25, -0.2) is 9.19 Å². The first-order chi connectivity index (χ1) is 14.3. The van der Waals surface area contributed by atoms with E-state index in [9.17, 15) is 12.6 Å². The van der Waals surface area contributed by atoms with Crippen LogP contribution in [-0.4, -0.2) is 65.6 Å². The van der Waals surface area contributed by atoms with Gasteiger partial charge in [0.1, 0.15) is 27.8 Å². The molecule has 2 aliphatic rings. The van der Waals surface area contributed by atoms with Gasteiger partial charge in [0.05, 0.1) is 33.7 Å². The Morgan fingerprint density at radius 1 is 1.35 bits per heavy atom. The number of aromatic nitrogens is 3. The van der Waals surface area contributed by atoms with Crippen molar-refractivity contribution in [2.45, 2.75) is 43.4 Å². The largest absolute Gasteiger partial charge is 0.377 e. The zero-order valence-corrected chi connectivity index (χ0v) is 19.7. The molecule has 0 saturated carbocycles. The van der Waals surface area contributed by atoms with Crippen molar-refractivity contribution < 1.29 is 17.4 Å². The topological polar surface area (TPSA) is 141 Å². The summed E-state index contributed by atoms with van der Waals surface area (Å²) < 4.78 is 55.7. The molecule has 0 amide bonds. The molecule has 2 N–H and O–H groups in total. The van der Waals surface area contributed by atoms with Crippen LogP contribution in [0.25, 0.3) is 0 Å². The second-order valence-electron chi connectivity index (χ2n) is 8.53. The van der Waals surface area contributed by atoms with Crippen molar-refractivity contribution >= 4 is 31.3 Å². The lowest BCUT2D eigenvalue weighted by atomic mass is 9.99. The van der Waals surface area contributed by atoms with Crippen molar-refractivity contribution in [1.29, 1.82) is 4.78 Å². The molecule has 2 aliphatic heterocycles. The Morgan fingerprint density at radius 2 is 2.06 bits per heavy atom. The van der Waals surface area contributed by atoms with E-state index in [2.05, 4.69) is 14.6 Å². The van der Waals surface area contributed by atoms with Gasteiger partial charge in [0.25, 0.3) is 10.0 Å². The highest BCUT2D eigenvalue weighted by Crippen LogP contribution is 2.41. The van der Waals surface area contributed by atoms with Crippen LogP contribution in [0.2, 0.25) is 0 Å². The Hall–Kier alpha value is -2.31. The average molecular weight is 467 g/mol. The number of aryl methyl sites for hydroxylation is 1. The van der Waals surface area contributed by atoms with Crippen LogP contribution < -0.4 is 4.90 Å². The van der Waals surface area contributed by atoms with Gasteiger partial charge in [0.15, 0.2) is 0 Å². The molecule has 31 heavy (non-hydrogen) atoms. The maximum absolute atomic E-state index is 13.1. The third kappa shape index (κ3) is 3.56. The number of hydrogen-bond donors (Lipinski definition) is 2. The molecule has 10 nitrogen and oxygen atoms in total. The van der Waals surface area contributed by atoms with Gasteiger partial charge >= 0.3 is 0 Å². The molecule has 0 spiro atoms. The SMILES string of the molecule is Cc1cc(C2=NS(=O)(=O)c3c(C(C)(C)S(C)(=N)=O)cc(N4CCOC[C@H]4C)nc32)n[nH]1. The lowest BCUT2D eigenvalue weighted by molar-refractivity contribution is 0.0985. The predicted molar refractivity (Wildman–Crippen MR) is 118 cm³/mol. The first-order valence-electron chi connectivity index (χ1n) is 9.84. The van der Waals surface area contributed by atoms with E-state index in [1.54, 1.807) is 26.0 Å². The monoisotopic (exact) mass is 466 g/mol. The summed E-state index contributed by atoms with van der Waals surface area (Å²) in [6.45, 7) is 8.65. The summed E-state index contributed by atoms with van der Waals surface area (Å²) in [5.41, 5.74) is 1.72. The Bertz CT molecular complexity index is 1290. The van der Waals surface area contributed by atoms with Gasteiger partial charge in [0, 0.05) is 18.5 Å². The van der Waals surface area contributed by atoms with Gasteiger partial charge in [-0.2, -0.15) is 17.9 Å². The molecule has 1 fully saturated rings. The minimum atomic E-state index is -4.11. The number of nitrogens with one attached hydrogen (secondary N) is 2. The van der Waals surface area contributed by atoms with Crippen LogP contribution >= 0.6 is 0 Å². The summed E-state index contributed by atoms with van der Waals surface area (Å²) in [6.07, 6.45) is 1.32. The number of aromatic amines is 1. The zero-order chi connectivity index (χ0) is 22.8. The van der Waals surface area contributed by atoms with Crippen LogP contribution in [0.4, 0.5) is 5.82 Å². The highest BCUT2D eigenvalue weighted by atomic mass is 32.2. The second kappa shape index (κ2) is 7.10. The van der Waals surface area contributed by atoms with E-state index in [4.69, 9.17) is 14.5 Å². The van der Waals surface area contributed by atoms with Gasteiger partial charge in [-0.05, 0) is 45.4 Å². The fraction of sp³-hybridized carbons (Fsp3) is 0.526. The van der Waals surface area contributed by atoms with E-state index in [-0.39, 0.29) is 27.9 Å². The summed E-state index contributed by atoms with van der Waals surface area (Å²) in [4.78, 5) is 6.63.